The number of Topliss-reactive ketones (excluding diaryl/α,β-unsaturated/α-hetero) is 1. The summed E-state index contributed by atoms with van der Waals surface area (Å²) in [6.45, 7) is 14.7. The van der Waals surface area contributed by atoms with Crippen molar-refractivity contribution >= 4 is 11.6 Å². The summed E-state index contributed by atoms with van der Waals surface area (Å²) in [6, 6.07) is 2.70. The third-order valence-corrected chi connectivity index (χ3v) is 11.9. The van der Waals surface area contributed by atoms with Crippen LogP contribution in [0.15, 0.2) is 27.2 Å². The molecule has 7 atom stereocenters. The van der Waals surface area contributed by atoms with Crippen LogP contribution in [0.5, 0.6) is 0 Å². The van der Waals surface area contributed by atoms with Crippen LogP contribution in [0.2, 0.25) is 0 Å². The van der Waals surface area contributed by atoms with Crippen molar-refractivity contribution in [1.29, 1.82) is 5.26 Å². The van der Waals surface area contributed by atoms with Crippen LogP contribution in [0.3, 0.4) is 0 Å². The smallest absolute Gasteiger partial charge is 0.223 e. The number of hydrogen-bond donors (Lipinski definition) is 0. The number of ketones is 2. The predicted molar refractivity (Wildman–Crippen MR) is 143 cm³/mol. The van der Waals surface area contributed by atoms with E-state index >= 15 is 0 Å². The molecule has 0 spiro atoms. The monoisotopic (exact) mass is 515 g/mol. The lowest BCUT2D eigenvalue weighted by Gasteiger charge is -2.63. The molecule has 0 saturated heterocycles. The SMILES string of the molecule is CC1=C(C)C2C3=CC(=O)C4(C#N)C(CCC5(c6nnc(C)o6)CCCCC54)C3CC(C)(C)C2C(C)(C)C1=O. The van der Waals surface area contributed by atoms with Crippen LogP contribution in [0.4, 0.5) is 0 Å². The second kappa shape index (κ2) is 7.99. The largest absolute Gasteiger partial charge is 0.425 e. The van der Waals surface area contributed by atoms with Crippen LogP contribution in [-0.2, 0) is 15.0 Å². The third kappa shape index (κ3) is 2.99. The normalized spacial score (nSPS) is 41.3. The maximum atomic E-state index is 14.5. The molecule has 1 heterocycles. The first-order valence-electron chi connectivity index (χ1n) is 14.5. The molecule has 1 aromatic heterocycles. The van der Waals surface area contributed by atoms with E-state index < -0.39 is 16.2 Å². The van der Waals surface area contributed by atoms with E-state index in [-0.39, 0.29) is 46.6 Å². The number of aromatic nitrogens is 2. The molecule has 0 N–H and O–H groups in total. The number of aryl methyl sites for hydroxylation is 1. The van der Waals surface area contributed by atoms with Gasteiger partial charge in [-0.15, -0.1) is 10.2 Å². The molecule has 5 aliphatic rings. The quantitative estimate of drug-likeness (QED) is 0.426. The van der Waals surface area contributed by atoms with Gasteiger partial charge in [0.25, 0.3) is 0 Å². The molecule has 7 unspecified atom stereocenters. The van der Waals surface area contributed by atoms with Gasteiger partial charge in [0.15, 0.2) is 11.6 Å². The number of hydrogen-bond acceptors (Lipinski definition) is 6. The minimum atomic E-state index is -1.08. The van der Waals surface area contributed by atoms with Gasteiger partial charge >= 0.3 is 0 Å². The van der Waals surface area contributed by atoms with Crippen molar-refractivity contribution in [3.8, 4) is 6.07 Å². The first kappa shape index (κ1) is 25.7. The zero-order valence-electron chi connectivity index (χ0n) is 24.0. The molecule has 6 nitrogen and oxygen atoms in total. The average Bonchev–Trinajstić information content (AvgIpc) is 3.32. The van der Waals surface area contributed by atoms with Crippen LogP contribution >= 0.6 is 0 Å². The standard InChI is InChI=1S/C32H41N3O3/c1-17-18(2)27(37)30(6,7)26-25(17)20-14-24(36)32(16-33)22(21(20)15-29(26,4)5)11-13-31(12-9-8-10-23(31)32)28-35-34-19(3)38-28/h14,21-23,25-26H,8-13,15H2,1-7H3. The molecular weight excluding hydrogens is 474 g/mol. The zero-order valence-corrected chi connectivity index (χ0v) is 24.0. The van der Waals surface area contributed by atoms with Crippen molar-refractivity contribution in [3.05, 3.63) is 34.6 Å². The molecule has 6 heteroatoms. The topological polar surface area (TPSA) is 96.8 Å². The van der Waals surface area contributed by atoms with Gasteiger partial charge in [-0.1, -0.05) is 51.7 Å². The minimum Gasteiger partial charge on any atom is -0.425 e. The van der Waals surface area contributed by atoms with Crippen LogP contribution in [0, 0.1) is 64.1 Å². The summed E-state index contributed by atoms with van der Waals surface area (Å²) < 4.78 is 6.06. The van der Waals surface area contributed by atoms with Gasteiger partial charge in [0.05, 0.1) is 11.5 Å². The van der Waals surface area contributed by atoms with E-state index in [0.29, 0.717) is 11.8 Å². The Morgan fingerprint density at radius 2 is 1.76 bits per heavy atom. The van der Waals surface area contributed by atoms with Crippen molar-refractivity contribution in [2.45, 2.75) is 98.8 Å². The second-order valence-corrected chi connectivity index (χ2v) is 14.3. The predicted octanol–water partition coefficient (Wildman–Crippen LogP) is 6.46. The van der Waals surface area contributed by atoms with Crippen LogP contribution < -0.4 is 0 Å². The molecule has 0 aromatic carbocycles. The van der Waals surface area contributed by atoms with E-state index in [2.05, 4.69) is 50.9 Å². The van der Waals surface area contributed by atoms with Crippen molar-refractivity contribution in [1.82, 2.24) is 10.2 Å². The van der Waals surface area contributed by atoms with Crippen molar-refractivity contribution in [3.63, 3.8) is 0 Å². The van der Waals surface area contributed by atoms with Gasteiger partial charge in [-0.2, -0.15) is 5.26 Å². The van der Waals surface area contributed by atoms with E-state index in [1.165, 1.54) is 5.57 Å². The highest BCUT2D eigenvalue weighted by Crippen LogP contribution is 2.69. The van der Waals surface area contributed by atoms with E-state index in [0.717, 1.165) is 56.1 Å². The molecule has 5 aliphatic carbocycles. The summed E-state index contributed by atoms with van der Waals surface area (Å²) in [5.74, 6) is 1.55. The number of allylic oxidation sites excluding steroid dienone is 4. The second-order valence-electron chi connectivity index (χ2n) is 14.3. The van der Waals surface area contributed by atoms with Crippen molar-refractivity contribution in [2.24, 2.45) is 45.8 Å². The highest BCUT2D eigenvalue weighted by atomic mass is 16.4. The molecule has 38 heavy (non-hydrogen) atoms. The lowest BCUT2D eigenvalue weighted by atomic mass is 9.38. The summed E-state index contributed by atoms with van der Waals surface area (Å²) in [7, 11) is 0. The summed E-state index contributed by atoms with van der Waals surface area (Å²) in [4.78, 5) is 27.9. The summed E-state index contributed by atoms with van der Waals surface area (Å²) in [5, 5.41) is 19.6. The van der Waals surface area contributed by atoms with Crippen molar-refractivity contribution in [2.75, 3.05) is 0 Å². The van der Waals surface area contributed by atoms with Gasteiger partial charge in [0, 0.05) is 18.3 Å². The summed E-state index contributed by atoms with van der Waals surface area (Å²) in [6.07, 6.45) is 8.23. The lowest BCUT2D eigenvalue weighted by Crippen LogP contribution is -2.63. The molecule has 0 bridgehead atoms. The Morgan fingerprint density at radius 3 is 2.42 bits per heavy atom. The maximum absolute atomic E-state index is 14.5. The third-order valence-electron chi connectivity index (χ3n) is 11.9. The van der Waals surface area contributed by atoms with E-state index in [1.54, 1.807) is 0 Å². The van der Waals surface area contributed by atoms with Gasteiger partial charge in [-0.25, -0.2) is 0 Å². The van der Waals surface area contributed by atoms with E-state index in [9.17, 15) is 14.9 Å². The average molecular weight is 516 g/mol. The molecule has 6 rings (SSSR count). The molecule has 0 aliphatic heterocycles. The van der Waals surface area contributed by atoms with Crippen LogP contribution in [-0.4, -0.2) is 21.8 Å². The molecule has 0 radical (unpaired) electrons. The van der Waals surface area contributed by atoms with Crippen LogP contribution in [0.25, 0.3) is 0 Å². The maximum Gasteiger partial charge on any atom is 0.223 e. The van der Waals surface area contributed by atoms with Gasteiger partial charge in [-0.05, 0) is 86.7 Å². The summed E-state index contributed by atoms with van der Waals surface area (Å²) in [5.41, 5.74) is 1.04. The molecule has 1 aromatic rings. The fourth-order valence-electron chi connectivity index (χ4n) is 10.5. The molecule has 3 saturated carbocycles. The molecule has 202 valence electrons. The molecule has 3 fully saturated rings. The minimum absolute atomic E-state index is 0.0259. The number of carbonyl (C=O) groups is 2. The first-order chi connectivity index (χ1) is 17.8. The number of rotatable bonds is 1. The highest BCUT2D eigenvalue weighted by Gasteiger charge is 2.69. The Balaban J connectivity index is 1.54. The lowest BCUT2D eigenvalue weighted by molar-refractivity contribution is -0.146. The highest BCUT2D eigenvalue weighted by molar-refractivity contribution is 6.02. The summed E-state index contributed by atoms with van der Waals surface area (Å²) >= 11 is 0. The van der Waals surface area contributed by atoms with E-state index in [4.69, 9.17) is 4.42 Å². The Kier molecular flexibility index (Phi) is 5.41. The van der Waals surface area contributed by atoms with E-state index in [1.807, 2.05) is 19.9 Å². The first-order valence-corrected chi connectivity index (χ1v) is 14.5. The Hall–Kier alpha value is -2.55. The fourth-order valence-corrected chi connectivity index (χ4v) is 10.5. The van der Waals surface area contributed by atoms with Gasteiger partial charge < -0.3 is 4.42 Å². The Morgan fingerprint density at radius 1 is 1.03 bits per heavy atom. The van der Waals surface area contributed by atoms with Gasteiger partial charge in [0.1, 0.15) is 5.41 Å². The number of nitriles is 1. The Bertz CT molecular complexity index is 1340. The molecular formula is C32H41N3O3. The van der Waals surface area contributed by atoms with Gasteiger partial charge in [0.2, 0.25) is 11.8 Å². The number of carbonyl (C=O) groups excluding carboxylic acids is 2. The fraction of sp³-hybridized carbons (Fsp3) is 0.719. The van der Waals surface area contributed by atoms with Gasteiger partial charge in [-0.3, -0.25) is 9.59 Å². The number of nitrogens with zero attached hydrogens (tertiary/aromatic N) is 3. The number of fused-ring (bicyclic) bond motifs is 7. The zero-order chi connectivity index (χ0) is 27.4. The Labute approximate surface area is 226 Å². The van der Waals surface area contributed by atoms with Crippen molar-refractivity contribution < 1.29 is 14.0 Å². The molecule has 0 amide bonds. The van der Waals surface area contributed by atoms with Crippen LogP contribution in [0.1, 0.15) is 98.3 Å².